The third kappa shape index (κ3) is 5.39. The molecular formula is C34H36N2O2S2. The maximum atomic E-state index is 6.19. The SMILES string of the molecule is CC(C)CC(C)(c1ccc2c(c1)CN(c1cccc(S)c1)CO2)c1ccc2c(c1)CN(c1cccc(S)c1)CO2. The van der Waals surface area contributed by atoms with E-state index in [1.54, 1.807) is 0 Å². The zero-order valence-electron chi connectivity index (χ0n) is 23.3. The second-order valence-electron chi connectivity index (χ2n) is 11.6. The molecule has 4 aromatic carbocycles. The Kier molecular flexibility index (Phi) is 7.41. The van der Waals surface area contributed by atoms with Gasteiger partial charge in [0.15, 0.2) is 13.5 Å². The number of nitrogens with zero attached hydrogens (tertiary/aromatic N) is 2. The van der Waals surface area contributed by atoms with Crippen LogP contribution in [0.3, 0.4) is 0 Å². The lowest BCUT2D eigenvalue weighted by atomic mass is 9.70. The van der Waals surface area contributed by atoms with E-state index in [1.165, 1.54) is 22.3 Å². The van der Waals surface area contributed by atoms with Gasteiger partial charge in [0.25, 0.3) is 0 Å². The molecule has 0 bridgehead atoms. The van der Waals surface area contributed by atoms with E-state index in [9.17, 15) is 0 Å². The first-order chi connectivity index (χ1) is 19.3. The van der Waals surface area contributed by atoms with Crippen molar-refractivity contribution in [3.8, 4) is 11.5 Å². The van der Waals surface area contributed by atoms with Gasteiger partial charge >= 0.3 is 0 Å². The zero-order valence-corrected chi connectivity index (χ0v) is 25.1. The lowest BCUT2D eigenvalue weighted by molar-refractivity contribution is 0.288. The minimum Gasteiger partial charge on any atom is -0.473 e. The van der Waals surface area contributed by atoms with Gasteiger partial charge < -0.3 is 19.3 Å². The predicted molar refractivity (Wildman–Crippen MR) is 170 cm³/mol. The van der Waals surface area contributed by atoms with Crippen LogP contribution in [0.15, 0.2) is 94.7 Å². The second kappa shape index (κ2) is 11.0. The minimum atomic E-state index is -0.168. The van der Waals surface area contributed by atoms with Crippen molar-refractivity contribution in [2.75, 3.05) is 23.3 Å². The van der Waals surface area contributed by atoms with Crippen molar-refractivity contribution in [1.29, 1.82) is 0 Å². The monoisotopic (exact) mass is 568 g/mol. The number of fused-ring (bicyclic) bond motifs is 2. The molecule has 206 valence electrons. The van der Waals surface area contributed by atoms with Crippen LogP contribution in [0, 0.1) is 5.92 Å². The number of hydrogen-bond donors (Lipinski definition) is 2. The number of thiol groups is 2. The van der Waals surface area contributed by atoms with Crippen LogP contribution in [0.1, 0.15) is 49.4 Å². The highest BCUT2D eigenvalue weighted by molar-refractivity contribution is 7.80. The van der Waals surface area contributed by atoms with Crippen LogP contribution in [0.5, 0.6) is 11.5 Å². The summed E-state index contributed by atoms with van der Waals surface area (Å²) in [5.74, 6) is 2.46. The number of benzene rings is 4. The third-order valence-electron chi connectivity index (χ3n) is 8.08. The van der Waals surface area contributed by atoms with E-state index in [4.69, 9.17) is 9.47 Å². The van der Waals surface area contributed by atoms with Gasteiger partial charge in [-0.15, -0.1) is 25.3 Å². The average molecular weight is 569 g/mol. The van der Waals surface area contributed by atoms with Gasteiger partial charge in [0.05, 0.1) is 0 Å². The van der Waals surface area contributed by atoms with Crippen LogP contribution >= 0.6 is 25.3 Å². The minimum absolute atomic E-state index is 0.168. The Morgan fingerprint density at radius 1 is 0.700 bits per heavy atom. The van der Waals surface area contributed by atoms with Crippen molar-refractivity contribution in [1.82, 2.24) is 0 Å². The lowest BCUT2D eigenvalue weighted by Crippen LogP contribution is -2.33. The number of anilines is 2. The molecule has 0 N–H and O–H groups in total. The van der Waals surface area contributed by atoms with Crippen LogP contribution in [0.4, 0.5) is 11.4 Å². The Labute approximate surface area is 248 Å². The van der Waals surface area contributed by atoms with Gasteiger partial charge in [-0.05, 0) is 84.1 Å². The summed E-state index contributed by atoms with van der Waals surface area (Å²) >= 11 is 9.08. The summed E-state index contributed by atoms with van der Waals surface area (Å²) in [6, 6.07) is 30.0. The maximum Gasteiger partial charge on any atom is 0.161 e. The Hall–Kier alpha value is -3.22. The first-order valence-electron chi connectivity index (χ1n) is 13.9. The molecule has 0 unspecified atom stereocenters. The molecule has 2 aliphatic rings. The standard InChI is InChI=1S/C34H36N2O2S2/c1-23(2)18-34(3,26-10-12-32-24(14-26)19-35(21-37-32)28-6-4-8-30(39)16-28)27-11-13-33-25(15-27)20-36(22-38-33)29-7-5-9-31(40)17-29/h4-17,23,39-40H,18-22H2,1-3H3. The highest BCUT2D eigenvalue weighted by Crippen LogP contribution is 2.43. The van der Waals surface area contributed by atoms with Crippen molar-refractivity contribution < 1.29 is 9.47 Å². The molecule has 0 atom stereocenters. The number of hydrogen-bond acceptors (Lipinski definition) is 6. The molecule has 4 aromatic rings. The molecule has 40 heavy (non-hydrogen) atoms. The second-order valence-corrected chi connectivity index (χ2v) is 12.6. The molecule has 0 aliphatic carbocycles. The molecular weight excluding hydrogens is 533 g/mol. The van der Waals surface area contributed by atoms with Crippen LogP contribution < -0.4 is 19.3 Å². The molecule has 0 aromatic heterocycles. The van der Waals surface area contributed by atoms with E-state index in [-0.39, 0.29) is 5.41 Å². The number of rotatable bonds is 6. The topological polar surface area (TPSA) is 24.9 Å². The summed E-state index contributed by atoms with van der Waals surface area (Å²) in [6.07, 6.45) is 1.03. The van der Waals surface area contributed by atoms with Crippen LogP contribution in [0.25, 0.3) is 0 Å². The first kappa shape index (κ1) is 27.0. The molecule has 6 rings (SSSR count). The summed E-state index contributed by atoms with van der Waals surface area (Å²) in [5, 5.41) is 0. The van der Waals surface area contributed by atoms with Crippen molar-refractivity contribution in [3.05, 3.63) is 107 Å². The van der Waals surface area contributed by atoms with Crippen molar-refractivity contribution in [2.24, 2.45) is 5.92 Å². The van der Waals surface area contributed by atoms with Crippen molar-refractivity contribution in [3.63, 3.8) is 0 Å². The fraction of sp³-hybridized carbons (Fsp3) is 0.294. The summed E-state index contributed by atoms with van der Waals surface area (Å²) < 4.78 is 12.4. The molecule has 2 heterocycles. The van der Waals surface area contributed by atoms with E-state index in [2.05, 4.69) is 116 Å². The van der Waals surface area contributed by atoms with Gasteiger partial charge in [-0.3, -0.25) is 0 Å². The molecule has 2 aliphatic heterocycles. The summed E-state index contributed by atoms with van der Waals surface area (Å²) in [7, 11) is 0. The maximum absolute atomic E-state index is 6.19. The van der Waals surface area contributed by atoms with Gasteiger partial charge in [-0.2, -0.15) is 0 Å². The van der Waals surface area contributed by atoms with Crippen molar-refractivity contribution in [2.45, 2.75) is 55.5 Å². The van der Waals surface area contributed by atoms with Gasteiger partial charge in [0, 0.05) is 50.8 Å². The normalized spacial score (nSPS) is 14.8. The summed E-state index contributed by atoms with van der Waals surface area (Å²) in [6.45, 7) is 9.66. The Bertz CT molecular complexity index is 1430. The van der Waals surface area contributed by atoms with Gasteiger partial charge in [0.1, 0.15) is 11.5 Å². The molecule has 0 saturated heterocycles. The van der Waals surface area contributed by atoms with E-state index in [1.807, 2.05) is 24.3 Å². The van der Waals surface area contributed by atoms with E-state index >= 15 is 0 Å². The van der Waals surface area contributed by atoms with E-state index < -0.39 is 0 Å². The number of ether oxygens (including phenoxy) is 2. The predicted octanol–water partition coefficient (Wildman–Crippen LogP) is 8.33. The summed E-state index contributed by atoms with van der Waals surface area (Å²) in [4.78, 5) is 6.43. The van der Waals surface area contributed by atoms with Gasteiger partial charge in [-0.25, -0.2) is 0 Å². The molecule has 0 radical (unpaired) electrons. The molecule has 0 amide bonds. The molecule has 0 saturated carbocycles. The van der Waals surface area contributed by atoms with E-state index in [0.29, 0.717) is 19.4 Å². The fourth-order valence-electron chi connectivity index (χ4n) is 6.10. The quantitative estimate of drug-likeness (QED) is 0.229. The van der Waals surface area contributed by atoms with Crippen LogP contribution in [-0.2, 0) is 18.5 Å². The largest absolute Gasteiger partial charge is 0.473 e. The average Bonchev–Trinajstić information content (AvgIpc) is 2.95. The van der Waals surface area contributed by atoms with Crippen LogP contribution in [0.2, 0.25) is 0 Å². The van der Waals surface area contributed by atoms with E-state index in [0.717, 1.165) is 52.2 Å². The van der Waals surface area contributed by atoms with Gasteiger partial charge in [-0.1, -0.05) is 45.0 Å². The highest BCUT2D eigenvalue weighted by Gasteiger charge is 2.33. The summed E-state index contributed by atoms with van der Waals surface area (Å²) in [5.41, 5.74) is 7.12. The highest BCUT2D eigenvalue weighted by atomic mass is 32.1. The Morgan fingerprint density at radius 3 is 1.60 bits per heavy atom. The lowest BCUT2D eigenvalue weighted by Gasteiger charge is -2.37. The Morgan fingerprint density at radius 2 is 1.18 bits per heavy atom. The van der Waals surface area contributed by atoms with Crippen LogP contribution in [-0.4, -0.2) is 13.5 Å². The zero-order chi connectivity index (χ0) is 27.9. The van der Waals surface area contributed by atoms with Gasteiger partial charge in [0.2, 0.25) is 0 Å². The third-order valence-corrected chi connectivity index (χ3v) is 8.63. The molecule has 0 spiro atoms. The first-order valence-corrected chi connectivity index (χ1v) is 14.8. The smallest absolute Gasteiger partial charge is 0.161 e. The fourth-order valence-corrected chi connectivity index (χ4v) is 6.54. The van der Waals surface area contributed by atoms with Crippen molar-refractivity contribution >= 4 is 36.6 Å². The molecule has 4 nitrogen and oxygen atoms in total. The molecule has 0 fully saturated rings. The molecule has 6 heteroatoms. The Balaban J connectivity index is 1.33.